The molecule has 0 radical (unpaired) electrons. The first-order valence-corrected chi connectivity index (χ1v) is 8.54. The van der Waals surface area contributed by atoms with Crippen LogP contribution in [0.4, 0.5) is 0 Å². The zero-order valence-corrected chi connectivity index (χ0v) is 17.8. The van der Waals surface area contributed by atoms with Gasteiger partial charge in [-0.3, -0.25) is 4.90 Å². The summed E-state index contributed by atoms with van der Waals surface area (Å²) in [5.41, 5.74) is 2.58. The molecule has 1 aromatic carbocycles. The van der Waals surface area contributed by atoms with Gasteiger partial charge in [0.1, 0.15) is 0 Å². The minimum atomic E-state index is 0. The molecule has 0 saturated carbocycles. The van der Waals surface area contributed by atoms with Crippen LogP contribution in [0, 0.1) is 0 Å². The highest BCUT2D eigenvalue weighted by atomic mass is 127. The molecule has 0 amide bonds. The van der Waals surface area contributed by atoms with Gasteiger partial charge in [0, 0.05) is 26.7 Å². The fourth-order valence-corrected chi connectivity index (χ4v) is 2.32. The Bertz CT molecular complexity index is 464. The summed E-state index contributed by atoms with van der Waals surface area (Å²) in [4.78, 5) is 7.06. The van der Waals surface area contributed by atoms with Gasteiger partial charge in [-0.1, -0.05) is 38.1 Å². The topological polar surface area (TPSA) is 48.9 Å². The molecule has 0 aliphatic carbocycles. The van der Waals surface area contributed by atoms with Crippen molar-refractivity contribution in [2.75, 3.05) is 39.9 Å². The second-order valence-electron chi connectivity index (χ2n) is 5.40. The molecule has 0 aliphatic heterocycles. The lowest BCUT2D eigenvalue weighted by molar-refractivity contribution is 0.203. The van der Waals surface area contributed by atoms with Crippen molar-refractivity contribution in [1.82, 2.24) is 15.5 Å². The molecule has 0 saturated heterocycles. The average Bonchev–Trinajstić information content (AvgIpc) is 2.58. The Labute approximate surface area is 164 Å². The highest BCUT2D eigenvalue weighted by molar-refractivity contribution is 14.0. The Hall–Kier alpha value is -0.860. The van der Waals surface area contributed by atoms with E-state index < -0.39 is 0 Å². The van der Waals surface area contributed by atoms with Crippen LogP contribution in [0.1, 0.15) is 31.9 Å². The van der Waals surface area contributed by atoms with E-state index in [9.17, 15) is 0 Å². The first-order chi connectivity index (χ1) is 11.2. The Balaban J connectivity index is 0.00000529. The lowest BCUT2D eigenvalue weighted by Gasteiger charge is -2.18. The van der Waals surface area contributed by atoms with Crippen LogP contribution < -0.4 is 10.6 Å². The SMILES string of the molecule is CCNC(=NCc1cccc(CN(CC)CC)c1)NCCOC.I. The molecule has 0 bridgehead atoms. The van der Waals surface area contributed by atoms with E-state index in [0.29, 0.717) is 13.2 Å². The van der Waals surface area contributed by atoms with Crippen LogP contribution in [0.15, 0.2) is 29.3 Å². The zero-order valence-electron chi connectivity index (χ0n) is 15.5. The summed E-state index contributed by atoms with van der Waals surface area (Å²) in [6, 6.07) is 8.69. The zero-order chi connectivity index (χ0) is 16.9. The number of halogens is 1. The van der Waals surface area contributed by atoms with Gasteiger partial charge in [0.25, 0.3) is 0 Å². The molecule has 0 aliphatic rings. The standard InChI is InChI=1S/C18H32N4O.HI/c1-5-19-18(20-11-12-23-4)21-14-16-9-8-10-17(13-16)15-22(6-2)7-3;/h8-10,13H,5-7,11-12,14-15H2,1-4H3,(H2,19,20,21);1H. The van der Waals surface area contributed by atoms with Crippen molar-refractivity contribution < 1.29 is 4.74 Å². The van der Waals surface area contributed by atoms with Crippen LogP contribution in [-0.4, -0.2) is 50.8 Å². The van der Waals surface area contributed by atoms with E-state index in [-0.39, 0.29) is 24.0 Å². The van der Waals surface area contributed by atoms with Gasteiger partial charge >= 0.3 is 0 Å². The van der Waals surface area contributed by atoms with Gasteiger partial charge in [0.2, 0.25) is 0 Å². The number of nitrogens with one attached hydrogen (secondary N) is 2. The van der Waals surface area contributed by atoms with Crippen molar-refractivity contribution in [2.45, 2.75) is 33.9 Å². The van der Waals surface area contributed by atoms with E-state index in [1.54, 1.807) is 7.11 Å². The number of rotatable bonds is 10. The van der Waals surface area contributed by atoms with Gasteiger partial charge in [-0.25, -0.2) is 4.99 Å². The van der Waals surface area contributed by atoms with Crippen LogP contribution in [0.3, 0.4) is 0 Å². The van der Waals surface area contributed by atoms with Gasteiger partial charge in [-0.15, -0.1) is 24.0 Å². The summed E-state index contributed by atoms with van der Waals surface area (Å²) in [6.45, 7) is 12.6. The average molecular weight is 448 g/mol. The maximum absolute atomic E-state index is 5.06. The van der Waals surface area contributed by atoms with Gasteiger partial charge in [0.15, 0.2) is 5.96 Å². The molecule has 0 atom stereocenters. The minimum Gasteiger partial charge on any atom is -0.383 e. The van der Waals surface area contributed by atoms with Crippen molar-refractivity contribution in [3.05, 3.63) is 35.4 Å². The molecule has 138 valence electrons. The third-order valence-corrected chi connectivity index (χ3v) is 3.65. The van der Waals surface area contributed by atoms with Crippen molar-refractivity contribution in [3.8, 4) is 0 Å². The highest BCUT2D eigenvalue weighted by Gasteiger charge is 2.02. The van der Waals surface area contributed by atoms with E-state index >= 15 is 0 Å². The quantitative estimate of drug-likeness (QED) is 0.250. The molecular weight excluding hydrogens is 415 g/mol. The molecule has 0 fully saturated rings. The van der Waals surface area contributed by atoms with Crippen LogP contribution in [0.5, 0.6) is 0 Å². The Morgan fingerprint density at radius 2 is 1.83 bits per heavy atom. The van der Waals surface area contributed by atoms with Gasteiger partial charge in [-0.2, -0.15) is 0 Å². The van der Waals surface area contributed by atoms with E-state index in [2.05, 4.69) is 65.6 Å². The number of ether oxygens (including phenoxy) is 1. The van der Waals surface area contributed by atoms with Gasteiger partial charge < -0.3 is 15.4 Å². The smallest absolute Gasteiger partial charge is 0.191 e. The normalized spacial score (nSPS) is 11.3. The van der Waals surface area contributed by atoms with Crippen LogP contribution >= 0.6 is 24.0 Å². The fraction of sp³-hybridized carbons (Fsp3) is 0.611. The molecule has 0 heterocycles. The first kappa shape index (κ1) is 23.1. The Morgan fingerprint density at radius 1 is 1.12 bits per heavy atom. The number of hydrogen-bond acceptors (Lipinski definition) is 3. The lowest BCUT2D eigenvalue weighted by Crippen LogP contribution is -2.38. The Morgan fingerprint density at radius 3 is 2.46 bits per heavy atom. The Kier molecular flexibility index (Phi) is 14.0. The van der Waals surface area contributed by atoms with E-state index in [0.717, 1.165) is 38.7 Å². The molecule has 2 N–H and O–H groups in total. The molecule has 1 rings (SSSR count). The maximum Gasteiger partial charge on any atom is 0.191 e. The summed E-state index contributed by atoms with van der Waals surface area (Å²) >= 11 is 0. The molecule has 24 heavy (non-hydrogen) atoms. The molecule has 0 unspecified atom stereocenters. The first-order valence-electron chi connectivity index (χ1n) is 8.54. The largest absolute Gasteiger partial charge is 0.383 e. The number of methoxy groups -OCH3 is 1. The summed E-state index contributed by atoms with van der Waals surface area (Å²) in [7, 11) is 1.70. The van der Waals surface area contributed by atoms with Gasteiger partial charge in [0.05, 0.1) is 13.2 Å². The number of hydrogen-bond donors (Lipinski definition) is 2. The van der Waals surface area contributed by atoms with Crippen molar-refractivity contribution in [2.24, 2.45) is 4.99 Å². The predicted octanol–water partition coefficient (Wildman–Crippen LogP) is 2.85. The molecule has 5 nitrogen and oxygen atoms in total. The summed E-state index contributed by atoms with van der Waals surface area (Å²) < 4.78 is 5.06. The van der Waals surface area contributed by atoms with E-state index in [4.69, 9.17) is 4.74 Å². The van der Waals surface area contributed by atoms with E-state index in [1.165, 1.54) is 11.1 Å². The van der Waals surface area contributed by atoms with Gasteiger partial charge in [-0.05, 0) is 31.1 Å². The molecule has 1 aromatic rings. The highest BCUT2D eigenvalue weighted by Crippen LogP contribution is 2.09. The number of guanidine groups is 1. The summed E-state index contributed by atoms with van der Waals surface area (Å²) in [6.07, 6.45) is 0. The fourth-order valence-electron chi connectivity index (χ4n) is 2.32. The third-order valence-electron chi connectivity index (χ3n) is 3.65. The second kappa shape index (κ2) is 14.5. The number of nitrogens with zero attached hydrogens (tertiary/aromatic N) is 2. The van der Waals surface area contributed by atoms with Crippen molar-refractivity contribution in [3.63, 3.8) is 0 Å². The lowest BCUT2D eigenvalue weighted by atomic mass is 10.1. The van der Waals surface area contributed by atoms with Crippen LogP contribution in [0.25, 0.3) is 0 Å². The summed E-state index contributed by atoms with van der Waals surface area (Å²) in [5.74, 6) is 0.832. The predicted molar refractivity (Wildman–Crippen MR) is 113 cm³/mol. The van der Waals surface area contributed by atoms with Crippen LogP contribution in [0.2, 0.25) is 0 Å². The molecule has 0 spiro atoms. The molecule has 0 aromatic heterocycles. The number of aliphatic imine (C=N–C) groups is 1. The minimum absolute atomic E-state index is 0. The molecule has 6 heteroatoms. The van der Waals surface area contributed by atoms with Crippen molar-refractivity contribution in [1.29, 1.82) is 0 Å². The monoisotopic (exact) mass is 448 g/mol. The van der Waals surface area contributed by atoms with E-state index in [1.807, 2.05) is 0 Å². The van der Waals surface area contributed by atoms with Crippen LogP contribution in [-0.2, 0) is 17.8 Å². The van der Waals surface area contributed by atoms with Crippen molar-refractivity contribution >= 4 is 29.9 Å². The maximum atomic E-state index is 5.06. The summed E-state index contributed by atoms with van der Waals surface area (Å²) in [5, 5.41) is 6.51. The second-order valence-corrected chi connectivity index (χ2v) is 5.40. The third kappa shape index (κ3) is 9.44. The molecular formula is C18H33IN4O. The number of benzene rings is 1.